The van der Waals surface area contributed by atoms with Gasteiger partial charge < -0.3 is 5.32 Å². The summed E-state index contributed by atoms with van der Waals surface area (Å²) in [6.45, 7) is 5.64. The Bertz CT molecular complexity index is 478. The second kappa shape index (κ2) is 5.56. The van der Waals surface area contributed by atoms with Gasteiger partial charge in [0.1, 0.15) is 0 Å². The van der Waals surface area contributed by atoms with Crippen LogP contribution in [-0.4, -0.2) is 25.5 Å². The molecule has 0 saturated heterocycles. The SMILES string of the molecule is CC(C)(C)S(=O)(=O)CCNc1ccccc1I. The molecule has 1 N–H and O–H groups in total. The van der Waals surface area contributed by atoms with Crippen LogP contribution in [-0.2, 0) is 9.84 Å². The number of para-hydroxylation sites is 1. The summed E-state index contributed by atoms with van der Waals surface area (Å²) in [6.07, 6.45) is 0. The molecular formula is C12H18INO2S. The summed E-state index contributed by atoms with van der Waals surface area (Å²) >= 11 is 2.23. The third-order valence-electron chi connectivity index (χ3n) is 2.49. The molecule has 3 nitrogen and oxygen atoms in total. The van der Waals surface area contributed by atoms with E-state index in [0.717, 1.165) is 9.26 Å². The number of nitrogens with one attached hydrogen (secondary N) is 1. The van der Waals surface area contributed by atoms with Gasteiger partial charge in [-0.3, -0.25) is 0 Å². The number of sulfone groups is 1. The minimum atomic E-state index is -3.05. The summed E-state index contributed by atoms with van der Waals surface area (Å²) < 4.78 is 24.2. The third kappa shape index (κ3) is 4.13. The summed E-state index contributed by atoms with van der Waals surface area (Å²) in [5.41, 5.74) is 0.984. The van der Waals surface area contributed by atoms with Gasteiger partial charge in [-0.2, -0.15) is 0 Å². The molecule has 1 rings (SSSR count). The van der Waals surface area contributed by atoms with E-state index in [1.54, 1.807) is 20.8 Å². The molecule has 0 fully saturated rings. The van der Waals surface area contributed by atoms with Crippen molar-refractivity contribution in [3.05, 3.63) is 27.8 Å². The predicted molar refractivity (Wildman–Crippen MR) is 81.2 cm³/mol. The Labute approximate surface area is 117 Å². The second-order valence-electron chi connectivity index (χ2n) is 4.84. The Hall–Kier alpha value is -0.300. The molecular weight excluding hydrogens is 349 g/mol. The summed E-state index contributed by atoms with van der Waals surface area (Å²) in [7, 11) is -3.05. The van der Waals surface area contributed by atoms with Crippen molar-refractivity contribution in [1.29, 1.82) is 0 Å². The average Bonchev–Trinajstić information content (AvgIpc) is 2.19. The van der Waals surface area contributed by atoms with Crippen LogP contribution < -0.4 is 5.32 Å². The van der Waals surface area contributed by atoms with Gasteiger partial charge in [-0.25, -0.2) is 8.42 Å². The maximum atomic E-state index is 11.9. The average molecular weight is 367 g/mol. The normalized spacial score (nSPS) is 12.5. The molecule has 0 heterocycles. The highest BCUT2D eigenvalue weighted by Crippen LogP contribution is 2.18. The van der Waals surface area contributed by atoms with E-state index in [9.17, 15) is 8.42 Å². The van der Waals surface area contributed by atoms with Crippen LogP contribution in [0.2, 0.25) is 0 Å². The molecule has 17 heavy (non-hydrogen) atoms. The Balaban J connectivity index is 2.58. The first-order chi connectivity index (χ1) is 7.74. The lowest BCUT2D eigenvalue weighted by molar-refractivity contribution is 0.560. The van der Waals surface area contributed by atoms with Crippen LogP contribution in [0.3, 0.4) is 0 Å². The standard InChI is InChI=1S/C12H18INO2S/c1-12(2,3)17(15,16)9-8-14-11-7-5-4-6-10(11)13/h4-7,14H,8-9H2,1-3H3. The highest BCUT2D eigenvalue weighted by Gasteiger charge is 2.28. The Morgan fingerprint density at radius 1 is 1.24 bits per heavy atom. The molecule has 0 bridgehead atoms. The number of hydrogen-bond donors (Lipinski definition) is 1. The van der Waals surface area contributed by atoms with E-state index in [1.807, 2.05) is 24.3 Å². The van der Waals surface area contributed by atoms with Crippen LogP contribution >= 0.6 is 22.6 Å². The van der Waals surface area contributed by atoms with Crippen molar-refractivity contribution in [2.75, 3.05) is 17.6 Å². The first-order valence-corrected chi connectivity index (χ1v) is 8.18. The fourth-order valence-electron chi connectivity index (χ4n) is 1.23. The topological polar surface area (TPSA) is 46.2 Å². The van der Waals surface area contributed by atoms with E-state index >= 15 is 0 Å². The molecule has 96 valence electrons. The van der Waals surface area contributed by atoms with E-state index in [4.69, 9.17) is 0 Å². The number of benzene rings is 1. The molecule has 0 radical (unpaired) electrons. The van der Waals surface area contributed by atoms with Crippen molar-refractivity contribution in [3.8, 4) is 0 Å². The van der Waals surface area contributed by atoms with Crippen LogP contribution in [0.1, 0.15) is 20.8 Å². The summed E-state index contributed by atoms with van der Waals surface area (Å²) in [5.74, 6) is 0.154. The third-order valence-corrected chi connectivity index (χ3v) is 6.04. The van der Waals surface area contributed by atoms with E-state index in [-0.39, 0.29) is 5.75 Å². The van der Waals surface area contributed by atoms with Crippen molar-refractivity contribution in [2.45, 2.75) is 25.5 Å². The number of hydrogen-bond acceptors (Lipinski definition) is 3. The molecule has 0 aliphatic heterocycles. The number of halogens is 1. The van der Waals surface area contributed by atoms with Crippen molar-refractivity contribution < 1.29 is 8.42 Å². The first kappa shape index (κ1) is 14.8. The van der Waals surface area contributed by atoms with Crippen molar-refractivity contribution in [1.82, 2.24) is 0 Å². The molecule has 0 aromatic heterocycles. The highest BCUT2D eigenvalue weighted by molar-refractivity contribution is 14.1. The second-order valence-corrected chi connectivity index (χ2v) is 8.86. The Kier molecular flexibility index (Phi) is 4.83. The molecule has 0 amide bonds. The minimum absolute atomic E-state index is 0.154. The fraction of sp³-hybridized carbons (Fsp3) is 0.500. The quantitative estimate of drug-likeness (QED) is 0.833. The Morgan fingerprint density at radius 3 is 2.35 bits per heavy atom. The molecule has 0 saturated carbocycles. The van der Waals surface area contributed by atoms with Gasteiger partial charge in [0.25, 0.3) is 0 Å². The van der Waals surface area contributed by atoms with E-state index in [1.165, 1.54) is 0 Å². The van der Waals surface area contributed by atoms with Gasteiger partial charge in [0.2, 0.25) is 0 Å². The van der Waals surface area contributed by atoms with E-state index < -0.39 is 14.6 Å². The maximum absolute atomic E-state index is 11.9. The van der Waals surface area contributed by atoms with Gasteiger partial charge in [-0.05, 0) is 55.5 Å². The largest absolute Gasteiger partial charge is 0.383 e. The molecule has 0 spiro atoms. The molecule has 1 aromatic carbocycles. The highest BCUT2D eigenvalue weighted by atomic mass is 127. The van der Waals surface area contributed by atoms with Crippen LogP contribution in [0.5, 0.6) is 0 Å². The minimum Gasteiger partial charge on any atom is -0.383 e. The van der Waals surface area contributed by atoms with Crippen LogP contribution in [0.15, 0.2) is 24.3 Å². The van der Waals surface area contributed by atoms with E-state index in [2.05, 4.69) is 27.9 Å². The van der Waals surface area contributed by atoms with E-state index in [0.29, 0.717) is 6.54 Å². The predicted octanol–water partition coefficient (Wildman–Crippen LogP) is 2.92. The van der Waals surface area contributed by atoms with Gasteiger partial charge in [0, 0.05) is 15.8 Å². The van der Waals surface area contributed by atoms with Gasteiger partial charge in [0.15, 0.2) is 9.84 Å². The molecule has 0 aliphatic rings. The number of anilines is 1. The number of rotatable bonds is 4. The molecule has 1 aromatic rings. The maximum Gasteiger partial charge on any atom is 0.156 e. The molecule has 0 unspecified atom stereocenters. The molecule has 5 heteroatoms. The van der Waals surface area contributed by atoms with Crippen molar-refractivity contribution in [2.24, 2.45) is 0 Å². The zero-order valence-corrected chi connectivity index (χ0v) is 13.3. The van der Waals surface area contributed by atoms with Crippen molar-refractivity contribution >= 4 is 38.1 Å². The Morgan fingerprint density at radius 2 is 1.82 bits per heavy atom. The molecule has 0 atom stereocenters. The lowest BCUT2D eigenvalue weighted by atomic mass is 10.3. The zero-order valence-electron chi connectivity index (χ0n) is 10.3. The summed E-state index contributed by atoms with van der Waals surface area (Å²) in [6, 6.07) is 7.83. The first-order valence-electron chi connectivity index (χ1n) is 5.45. The molecule has 0 aliphatic carbocycles. The fourth-order valence-corrected chi connectivity index (χ4v) is 2.79. The summed E-state index contributed by atoms with van der Waals surface area (Å²) in [5, 5.41) is 3.15. The van der Waals surface area contributed by atoms with Gasteiger partial charge in [-0.15, -0.1) is 0 Å². The van der Waals surface area contributed by atoms with Gasteiger partial charge in [-0.1, -0.05) is 12.1 Å². The lowest BCUT2D eigenvalue weighted by Gasteiger charge is -2.19. The monoisotopic (exact) mass is 367 g/mol. The summed E-state index contributed by atoms with van der Waals surface area (Å²) in [4.78, 5) is 0. The van der Waals surface area contributed by atoms with Crippen LogP contribution in [0.4, 0.5) is 5.69 Å². The van der Waals surface area contributed by atoms with Gasteiger partial charge in [0.05, 0.1) is 10.5 Å². The van der Waals surface area contributed by atoms with Gasteiger partial charge >= 0.3 is 0 Å². The van der Waals surface area contributed by atoms with Crippen molar-refractivity contribution in [3.63, 3.8) is 0 Å². The van der Waals surface area contributed by atoms with Crippen LogP contribution in [0, 0.1) is 3.57 Å². The van der Waals surface area contributed by atoms with Crippen LogP contribution in [0.25, 0.3) is 0 Å². The lowest BCUT2D eigenvalue weighted by Crippen LogP contribution is -2.32. The smallest absolute Gasteiger partial charge is 0.156 e. The zero-order chi connectivity index (χ0) is 13.1.